The van der Waals surface area contributed by atoms with E-state index >= 15 is 0 Å². The number of halogens is 1. The third kappa shape index (κ3) is 1.20. The van der Waals surface area contributed by atoms with Crippen LogP contribution in [0, 0.1) is 5.92 Å². The highest BCUT2D eigenvalue weighted by atomic mass is 35.5. The number of nitrogens with two attached hydrogens (primary N) is 1. The summed E-state index contributed by atoms with van der Waals surface area (Å²) < 4.78 is 0. The molecule has 3 nitrogen and oxygen atoms in total. The molecule has 1 aliphatic carbocycles. The molecule has 0 amide bonds. The first kappa shape index (κ1) is 10.0. The Bertz CT molecular complexity index is 350. The van der Waals surface area contributed by atoms with Gasteiger partial charge in [-0.25, -0.2) is 0 Å². The van der Waals surface area contributed by atoms with E-state index in [1.54, 1.807) is 6.20 Å². The number of hydrogen-bond donors (Lipinski definition) is 3. The first-order valence-electron chi connectivity index (χ1n) is 4.88. The largest absolute Gasteiger partial charge is 0.383 e. The molecule has 1 heterocycles. The monoisotopic (exact) mass is 214 g/mol. The first-order chi connectivity index (χ1) is 6.59. The van der Waals surface area contributed by atoms with Gasteiger partial charge in [-0.15, -0.1) is 0 Å². The number of rotatable bonds is 1. The summed E-state index contributed by atoms with van der Waals surface area (Å²) in [5, 5.41) is 11.0. The molecule has 2 rings (SSSR count). The van der Waals surface area contributed by atoms with E-state index in [1.165, 1.54) is 0 Å². The lowest BCUT2D eigenvalue weighted by Gasteiger charge is -2.37. The second-order valence-electron chi connectivity index (χ2n) is 4.06. The second kappa shape index (κ2) is 3.26. The average molecular weight is 215 g/mol. The fourth-order valence-corrected chi connectivity index (χ4v) is 2.49. The second-order valence-corrected chi connectivity index (χ2v) is 4.44. The molecule has 4 N–H and O–H groups in total. The Balaban J connectivity index is 2.52. The van der Waals surface area contributed by atoms with Gasteiger partial charge in [0.2, 0.25) is 0 Å². The van der Waals surface area contributed by atoms with Gasteiger partial charge in [0, 0.05) is 18.3 Å². The van der Waals surface area contributed by atoms with Gasteiger partial charge in [-0.1, -0.05) is 18.5 Å². The lowest BCUT2D eigenvalue weighted by molar-refractivity contribution is -0.0186. The van der Waals surface area contributed by atoms with Gasteiger partial charge < -0.3 is 15.8 Å². The molecule has 2 unspecified atom stereocenters. The van der Waals surface area contributed by atoms with E-state index in [0.717, 1.165) is 24.0 Å². The van der Waals surface area contributed by atoms with E-state index < -0.39 is 5.60 Å². The maximum atomic E-state index is 10.4. The van der Waals surface area contributed by atoms with Crippen LogP contribution < -0.4 is 5.73 Å². The molecule has 0 bridgehead atoms. The van der Waals surface area contributed by atoms with Gasteiger partial charge in [-0.2, -0.15) is 0 Å². The molecule has 0 aliphatic heterocycles. The fourth-order valence-electron chi connectivity index (χ4n) is 2.23. The predicted molar refractivity (Wildman–Crippen MR) is 56.2 cm³/mol. The highest BCUT2D eigenvalue weighted by molar-refractivity contribution is 6.30. The normalized spacial score (nSPS) is 31.6. The molecule has 78 valence electrons. The van der Waals surface area contributed by atoms with Crippen molar-refractivity contribution in [3.63, 3.8) is 0 Å². The van der Waals surface area contributed by atoms with Crippen LogP contribution in [0.4, 0.5) is 0 Å². The molecule has 0 radical (unpaired) electrons. The number of hydrogen-bond acceptors (Lipinski definition) is 2. The molecule has 1 aliphatic rings. The third-order valence-corrected chi connectivity index (χ3v) is 3.69. The Morgan fingerprint density at radius 3 is 3.14 bits per heavy atom. The standard InChI is InChI=1S/C10H15ClN2O/c1-6-2-3-7-8(4-13-9(7)11)10(6,14)5-12/h4,6,13-14H,2-3,5,12H2,1H3. The van der Waals surface area contributed by atoms with Crippen LogP contribution in [0.2, 0.25) is 5.15 Å². The molecule has 14 heavy (non-hydrogen) atoms. The molecule has 0 saturated heterocycles. The van der Waals surface area contributed by atoms with Gasteiger partial charge >= 0.3 is 0 Å². The van der Waals surface area contributed by atoms with Crippen molar-refractivity contribution in [2.45, 2.75) is 25.4 Å². The van der Waals surface area contributed by atoms with Crippen LogP contribution >= 0.6 is 11.6 Å². The average Bonchev–Trinajstić information content (AvgIpc) is 2.55. The minimum Gasteiger partial charge on any atom is -0.383 e. The van der Waals surface area contributed by atoms with Crippen LogP contribution in [-0.2, 0) is 12.0 Å². The van der Waals surface area contributed by atoms with E-state index in [4.69, 9.17) is 17.3 Å². The van der Waals surface area contributed by atoms with Gasteiger partial charge in [0.15, 0.2) is 0 Å². The summed E-state index contributed by atoms with van der Waals surface area (Å²) in [6.07, 6.45) is 3.62. The van der Waals surface area contributed by atoms with Crippen LogP contribution in [0.25, 0.3) is 0 Å². The van der Waals surface area contributed by atoms with Crippen molar-refractivity contribution in [1.82, 2.24) is 4.98 Å². The lowest BCUT2D eigenvalue weighted by atomic mass is 9.74. The number of fused-ring (bicyclic) bond motifs is 1. The SMILES string of the molecule is CC1CCc2c(c[nH]c2Cl)C1(O)CN. The molecule has 2 atom stereocenters. The minimum absolute atomic E-state index is 0.187. The van der Waals surface area contributed by atoms with E-state index in [-0.39, 0.29) is 12.5 Å². The summed E-state index contributed by atoms with van der Waals surface area (Å²) in [6.45, 7) is 2.27. The van der Waals surface area contributed by atoms with Crippen molar-refractivity contribution in [1.29, 1.82) is 0 Å². The molecule has 0 spiro atoms. The maximum absolute atomic E-state index is 10.4. The number of aromatic amines is 1. The van der Waals surface area contributed by atoms with Gasteiger partial charge in [0.1, 0.15) is 10.8 Å². The number of aliphatic hydroxyl groups is 1. The zero-order valence-corrected chi connectivity index (χ0v) is 8.93. The lowest BCUT2D eigenvalue weighted by Crippen LogP contribution is -2.43. The molecule has 0 saturated carbocycles. The Hall–Kier alpha value is -0.510. The molecule has 0 aromatic carbocycles. The zero-order valence-electron chi connectivity index (χ0n) is 8.18. The molecule has 0 fully saturated rings. The van der Waals surface area contributed by atoms with Gasteiger partial charge in [-0.3, -0.25) is 0 Å². The van der Waals surface area contributed by atoms with Crippen molar-refractivity contribution in [2.75, 3.05) is 6.54 Å². The molecular weight excluding hydrogens is 200 g/mol. The van der Waals surface area contributed by atoms with Crippen molar-refractivity contribution >= 4 is 11.6 Å². The highest BCUT2D eigenvalue weighted by Crippen LogP contribution is 2.41. The van der Waals surface area contributed by atoms with Crippen LogP contribution in [-0.4, -0.2) is 16.6 Å². The van der Waals surface area contributed by atoms with E-state index in [0.29, 0.717) is 5.15 Å². The minimum atomic E-state index is -0.906. The topological polar surface area (TPSA) is 62.0 Å². The maximum Gasteiger partial charge on any atom is 0.109 e. The van der Waals surface area contributed by atoms with Gasteiger partial charge in [0.05, 0.1) is 0 Å². The van der Waals surface area contributed by atoms with Crippen molar-refractivity contribution in [3.05, 3.63) is 22.5 Å². The number of nitrogens with one attached hydrogen (secondary N) is 1. The summed E-state index contributed by atoms with van der Waals surface area (Å²) in [5.74, 6) is 0.187. The summed E-state index contributed by atoms with van der Waals surface area (Å²) in [6, 6.07) is 0. The van der Waals surface area contributed by atoms with Crippen molar-refractivity contribution in [2.24, 2.45) is 11.7 Å². The first-order valence-corrected chi connectivity index (χ1v) is 5.26. The van der Waals surface area contributed by atoms with Gasteiger partial charge in [-0.05, 0) is 24.3 Å². The Labute approximate surface area is 88.3 Å². The predicted octanol–water partition coefficient (Wildman–Crippen LogP) is 1.40. The van der Waals surface area contributed by atoms with Crippen LogP contribution in [0.3, 0.4) is 0 Å². The van der Waals surface area contributed by atoms with E-state index in [1.807, 2.05) is 6.92 Å². The van der Waals surface area contributed by atoms with Crippen LogP contribution in [0.1, 0.15) is 24.5 Å². The third-order valence-electron chi connectivity index (χ3n) is 3.35. The Morgan fingerprint density at radius 2 is 2.50 bits per heavy atom. The summed E-state index contributed by atoms with van der Waals surface area (Å²) in [7, 11) is 0. The molecular formula is C10H15ClN2O. The van der Waals surface area contributed by atoms with E-state index in [9.17, 15) is 5.11 Å². The zero-order chi connectivity index (χ0) is 10.3. The smallest absolute Gasteiger partial charge is 0.109 e. The summed E-state index contributed by atoms with van der Waals surface area (Å²) in [5.41, 5.74) is 6.64. The Morgan fingerprint density at radius 1 is 1.79 bits per heavy atom. The van der Waals surface area contributed by atoms with Crippen LogP contribution in [0.15, 0.2) is 6.20 Å². The summed E-state index contributed by atoms with van der Waals surface area (Å²) >= 11 is 5.98. The molecule has 1 aromatic heterocycles. The van der Waals surface area contributed by atoms with Crippen LogP contribution in [0.5, 0.6) is 0 Å². The molecule has 1 aromatic rings. The highest BCUT2D eigenvalue weighted by Gasteiger charge is 2.40. The number of aromatic nitrogens is 1. The van der Waals surface area contributed by atoms with E-state index in [2.05, 4.69) is 4.98 Å². The fraction of sp³-hybridized carbons (Fsp3) is 0.600. The number of H-pyrrole nitrogens is 1. The molecule has 4 heteroatoms. The quantitative estimate of drug-likeness (QED) is 0.662. The van der Waals surface area contributed by atoms with Crippen molar-refractivity contribution < 1.29 is 5.11 Å². The van der Waals surface area contributed by atoms with Gasteiger partial charge in [0.25, 0.3) is 0 Å². The Kier molecular flexibility index (Phi) is 2.33. The summed E-state index contributed by atoms with van der Waals surface area (Å²) in [4.78, 5) is 2.94. The van der Waals surface area contributed by atoms with Crippen molar-refractivity contribution in [3.8, 4) is 0 Å².